The third-order valence-corrected chi connectivity index (χ3v) is 4.68. The van der Waals surface area contributed by atoms with Crippen molar-refractivity contribution in [2.24, 2.45) is 5.92 Å². The van der Waals surface area contributed by atoms with E-state index in [9.17, 15) is 13.6 Å². The lowest BCUT2D eigenvalue weighted by molar-refractivity contribution is 0.0963. The topological polar surface area (TPSA) is 45.2 Å². The molecule has 6 heteroatoms. The average Bonchev–Trinajstić information content (AvgIpc) is 2.65. The van der Waals surface area contributed by atoms with Crippen molar-refractivity contribution in [3.05, 3.63) is 59.3 Å². The van der Waals surface area contributed by atoms with Crippen LogP contribution >= 0.6 is 0 Å². The molecule has 3 rings (SSSR count). The van der Waals surface area contributed by atoms with Crippen molar-refractivity contribution < 1.29 is 13.6 Å². The first-order valence-electron chi connectivity index (χ1n) is 8.44. The number of hydrogen-bond donors (Lipinski definition) is 1. The molecule has 1 aliphatic rings. The standard InChI is InChI=1S/C19H21F2N3O/c1-22-19(25)15-3-2-8-23-18(15)24-9-6-13(7-10-24)11-14-4-5-16(20)17(21)12-14/h2-5,8,12-13H,6-7,9-11H2,1H3,(H,22,25). The van der Waals surface area contributed by atoms with Crippen LogP contribution in [-0.2, 0) is 6.42 Å². The molecule has 0 atom stereocenters. The molecule has 25 heavy (non-hydrogen) atoms. The van der Waals surface area contributed by atoms with Gasteiger partial charge < -0.3 is 10.2 Å². The highest BCUT2D eigenvalue weighted by Gasteiger charge is 2.23. The zero-order valence-electron chi connectivity index (χ0n) is 14.1. The molecule has 1 aliphatic heterocycles. The van der Waals surface area contributed by atoms with Gasteiger partial charge in [-0.25, -0.2) is 13.8 Å². The predicted octanol–water partition coefficient (Wildman–Crippen LogP) is 3.18. The normalized spacial score (nSPS) is 15.2. The smallest absolute Gasteiger partial charge is 0.254 e. The van der Waals surface area contributed by atoms with Crippen LogP contribution < -0.4 is 10.2 Å². The van der Waals surface area contributed by atoms with E-state index in [1.165, 1.54) is 12.1 Å². The molecule has 1 fully saturated rings. The van der Waals surface area contributed by atoms with Gasteiger partial charge in [-0.15, -0.1) is 0 Å². The zero-order chi connectivity index (χ0) is 17.8. The van der Waals surface area contributed by atoms with Crippen LogP contribution in [-0.4, -0.2) is 31.0 Å². The van der Waals surface area contributed by atoms with Gasteiger partial charge >= 0.3 is 0 Å². The van der Waals surface area contributed by atoms with Crippen molar-refractivity contribution in [1.29, 1.82) is 0 Å². The quantitative estimate of drug-likeness (QED) is 0.926. The SMILES string of the molecule is CNC(=O)c1cccnc1N1CCC(Cc2ccc(F)c(F)c2)CC1. The van der Waals surface area contributed by atoms with E-state index in [2.05, 4.69) is 15.2 Å². The molecule has 1 aromatic carbocycles. The molecule has 2 aromatic rings. The van der Waals surface area contributed by atoms with Gasteiger partial charge in [0.15, 0.2) is 11.6 Å². The maximum absolute atomic E-state index is 13.3. The fraction of sp³-hybridized carbons (Fsp3) is 0.368. The van der Waals surface area contributed by atoms with Gasteiger partial charge in [-0.1, -0.05) is 6.07 Å². The molecule has 1 amide bonds. The highest BCUT2D eigenvalue weighted by molar-refractivity contribution is 5.98. The van der Waals surface area contributed by atoms with Gasteiger partial charge in [0.2, 0.25) is 0 Å². The minimum Gasteiger partial charge on any atom is -0.356 e. The van der Waals surface area contributed by atoms with Gasteiger partial charge in [-0.3, -0.25) is 4.79 Å². The summed E-state index contributed by atoms with van der Waals surface area (Å²) in [5, 5.41) is 2.64. The predicted molar refractivity (Wildman–Crippen MR) is 92.6 cm³/mol. The Morgan fingerprint density at radius 2 is 2.00 bits per heavy atom. The summed E-state index contributed by atoms with van der Waals surface area (Å²) in [5.41, 5.74) is 1.39. The number of nitrogens with zero attached hydrogens (tertiary/aromatic N) is 2. The van der Waals surface area contributed by atoms with E-state index in [1.54, 1.807) is 31.4 Å². The van der Waals surface area contributed by atoms with Crippen LogP contribution in [0.5, 0.6) is 0 Å². The second-order valence-electron chi connectivity index (χ2n) is 6.34. The summed E-state index contributed by atoms with van der Waals surface area (Å²) in [5.74, 6) is -0.637. The van der Waals surface area contributed by atoms with Crippen LogP contribution in [0.3, 0.4) is 0 Å². The Hall–Kier alpha value is -2.50. The van der Waals surface area contributed by atoms with E-state index in [1.807, 2.05) is 0 Å². The van der Waals surface area contributed by atoms with Crippen LogP contribution in [0.15, 0.2) is 36.5 Å². The number of hydrogen-bond acceptors (Lipinski definition) is 3. The van der Waals surface area contributed by atoms with Crippen LogP contribution in [0.2, 0.25) is 0 Å². The largest absolute Gasteiger partial charge is 0.356 e. The number of benzene rings is 1. The number of anilines is 1. The van der Waals surface area contributed by atoms with Gasteiger partial charge in [0.25, 0.3) is 5.91 Å². The Morgan fingerprint density at radius 3 is 2.68 bits per heavy atom. The molecular formula is C19H21F2N3O. The summed E-state index contributed by atoms with van der Waals surface area (Å²) in [7, 11) is 1.60. The summed E-state index contributed by atoms with van der Waals surface area (Å²) in [4.78, 5) is 18.5. The Balaban J connectivity index is 1.64. The van der Waals surface area contributed by atoms with Gasteiger partial charge in [0.05, 0.1) is 5.56 Å². The number of nitrogens with one attached hydrogen (secondary N) is 1. The van der Waals surface area contributed by atoms with E-state index >= 15 is 0 Å². The summed E-state index contributed by atoms with van der Waals surface area (Å²) in [6, 6.07) is 7.64. The summed E-state index contributed by atoms with van der Waals surface area (Å²) in [6.45, 7) is 1.57. The van der Waals surface area contributed by atoms with Gasteiger partial charge in [0.1, 0.15) is 5.82 Å². The molecular weight excluding hydrogens is 324 g/mol. The third kappa shape index (κ3) is 3.95. The number of halogens is 2. The molecule has 0 aliphatic carbocycles. The number of amides is 1. The van der Waals surface area contributed by atoms with Gasteiger partial charge in [-0.2, -0.15) is 0 Å². The molecule has 1 aromatic heterocycles. The van der Waals surface area contributed by atoms with Crippen molar-refractivity contribution in [3.8, 4) is 0 Å². The van der Waals surface area contributed by atoms with Crippen LogP contribution in [0.4, 0.5) is 14.6 Å². The fourth-order valence-electron chi connectivity index (χ4n) is 3.31. The second-order valence-corrected chi connectivity index (χ2v) is 6.34. The first-order chi connectivity index (χ1) is 12.1. The van der Waals surface area contributed by atoms with Crippen molar-refractivity contribution in [2.75, 3.05) is 25.0 Å². The van der Waals surface area contributed by atoms with E-state index < -0.39 is 11.6 Å². The minimum atomic E-state index is -0.810. The first kappa shape index (κ1) is 17.3. The number of carbonyl (C=O) groups is 1. The third-order valence-electron chi connectivity index (χ3n) is 4.68. The van der Waals surface area contributed by atoms with E-state index in [0.717, 1.165) is 37.9 Å². The lowest BCUT2D eigenvalue weighted by atomic mass is 9.90. The number of pyridine rings is 1. The molecule has 1 saturated heterocycles. The lowest BCUT2D eigenvalue weighted by Crippen LogP contribution is -2.36. The van der Waals surface area contributed by atoms with E-state index in [-0.39, 0.29) is 5.91 Å². The zero-order valence-corrected chi connectivity index (χ0v) is 14.1. The van der Waals surface area contributed by atoms with Crippen LogP contribution in [0.25, 0.3) is 0 Å². The molecule has 1 N–H and O–H groups in total. The Kier molecular flexibility index (Phi) is 5.26. The molecule has 2 heterocycles. The van der Waals surface area contributed by atoms with Crippen molar-refractivity contribution in [3.63, 3.8) is 0 Å². The number of aromatic nitrogens is 1. The highest BCUT2D eigenvalue weighted by atomic mass is 19.2. The van der Waals surface area contributed by atoms with Gasteiger partial charge in [0, 0.05) is 26.3 Å². The molecule has 0 spiro atoms. The summed E-state index contributed by atoms with van der Waals surface area (Å²) >= 11 is 0. The first-order valence-corrected chi connectivity index (χ1v) is 8.44. The maximum atomic E-state index is 13.3. The summed E-state index contributed by atoms with van der Waals surface area (Å²) < 4.78 is 26.4. The molecule has 0 radical (unpaired) electrons. The summed E-state index contributed by atoms with van der Waals surface area (Å²) in [6.07, 6.45) is 4.26. The van der Waals surface area contributed by atoms with Crippen LogP contribution in [0, 0.1) is 17.6 Å². The lowest BCUT2D eigenvalue weighted by Gasteiger charge is -2.33. The molecule has 0 bridgehead atoms. The molecule has 4 nitrogen and oxygen atoms in total. The van der Waals surface area contributed by atoms with Gasteiger partial charge in [-0.05, 0) is 55.0 Å². The second kappa shape index (κ2) is 7.59. The van der Waals surface area contributed by atoms with E-state index in [0.29, 0.717) is 17.3 Å². The van der Waals surface area contributed by atoms with Crippen molar-refractivity contribution in [1.82, 2.24) is 10.3 Å². The van der Waals surface area contributed by atoms with Crippen molar-refractivity contribution >= 4 is 11.7 Å². The van der Waals surface area contributed by atoms with Crippen molar-refractivity contribution in [2.45, 2.75) is 19.3 Å². The molecule has 0 saturated carbocycles. The monoisotopic (exact) mass is 345 g/mol. The maximum Gasteiger partial charge on any atom is 0.254 e. The number of piperidine rings is 1. The minimum absolute atomic E-state index is 0.146. The number of carbonyl (C=O) groups excluding carboxylic acids is 1. The Labute approximate surface area is 145 Å². The van der Waals surface area contributed by atoms with Crippen LogP contribution in [0.1, 0.15) is 28.8 Å². The van der Waals surface area contributed by atoms with E-state index in [4.69, 9.17) is 0 Å². The number of rotatable bonds is 4. The Morgan fingerprint density at radius 1 is 1.24 bits per heavy atom. The Bertz CT molecular complexity index is 758. The molecule has 132 valence electrons. The molecule has 0 unspecified atom stereocenters. The average molecular weight is 345 g/mol. The fourth-order valence-corrected chi connectivity index (χ4v) is 3.31. The highest BCUT2D eigenvalue weighted by Crippen LogP contribution is 2.27.